The molecular formula is C21H21Cl2N3O2. The summed E-state index contributed by atoms with van der Waals surface area (Å²) in [6.45, 7) is 4.64. The third-order valence-electron chi connectivity index (χ3n) is 4.58. The summed E-state index contributed by atoms with van der Waals surface area (Å²) in [4.78, 5) is 12.6. The van der Waals surface area contributed by atoms with Gasteiger partial charge in [-0.05, 0) is 43.7 Å². The number of halogens is 2. The summed E-state index contributed by atoms with van der Waals surface area (Å²) in [6.07, 6.45) is 0. The van der Waals surface area contributed by atoms with Crippen LogP contribution in [0.2, 0.25) is 10.0 Å². The number of aromatic nitrogens is 2. The van der Waals surface area contributed by atoms with Crippen LogP contribution in [0.5, 0.6) is 5.75 Å². The molecule has 0 atom stereocenters. The summed E-state index contributed by atoms with van der Waals surface area (Å²) in [5, 5.41) is 8.14. The fraction of sp³-hybridized carbons (Fsp3) is 0.238. The van der Waals surface area contributed by atoms with Gasteiger partial charge in [-0.1, -0.05) is 41.4 Å². The van der Waals surface area contributed by atoms with Gasteiger partial charge < -0.3 is 10.1 Å². The Hall–Kier alpha value is -2.50. The average Bonchev–Trinajstić information content (AvgIpc) is 2.93. The molecule has 1 N–H and O–H groups in total. The Morgan fingerprint density at radius 2 is 1.93 bits per heavy atom. The lowest BCUT2D eigenvalue weighted by molar-refractivity contribution is 0.0950. The van der Waals surface area contributed by atoms with Crippen LogP contribution in [0.25, 0.3) is 0 Å². The summed E-state index contributed by atoms with van der Waals surface area (Å²) in [7, 11) is 1.89. The fourth-order valence-electron chi connectivity index (χ4n) is 2.90. The molecule has 0 unspecified atom stereocenters. The van der Waals surface area contributed by atoms with Gasteiger partial charge in [0, 0.05) is 30.4 Å². The highest BCUT2D eigenvalue weighted by molar-refractivity contribution is 6.42. The second-order valence-electron chi connectivity index (χ2n) is 6.50. The largest absolute Gasteiger partial charge is 0.487 e. The van der Waals surface area contributed by atoms with Crippen molar-refractivity contribution in [2.45, 2.75) is 27.0 Å². The topological polar surface area (TPSA) is 56.2 Å². The van der Waals surface area contributed by atoms with Crippen molar-refractivity contribution in [2.24, 2.45) is 7.05 Å². The van der Waals surface area contributed by atoms with Crippen LogP contribution in [0, 0.1) is 13.8 Å². The van der Waals surface area contributed by atoms with Crippen molar-refractivity contribution in [3.8, 4) is 5.75 Å². The molecule has 0 spiro atoms. The number of aryl methyl sites for hydroxylation is 2. The SMILES string of the molecule is Cc1nn(C)c(C)c1CNC(=O)c1cccc(COc2cccc(Cl)c2Cl)c1. The highest BCUT2D eigenvalue weighted by Gasteiger charge is 2.12. The number of rotatable bonds is 6. The molecule has 0 saturated carbocycles. The lowest BCUT2D eigenvalue weighted by Crippen LogP contribution is -2.23. The molecule has 28 heavy (non-hydrogen) atoms. The monoisotopic (exact) mass is 417 g/mol. The third kappa shape index (κ3) is 4.49. The predicted octanol–water partition coefficient (Wildman–Crippen LogP) is 4.85. The molecule has 0 fully saturated rings. The number of hydrogen-bond acceptors (Lipinski definition) is 3. The van der Waals surface area contributed by atoms with E-state index < -0.39 is 0 Å². The number of amides is 1. The average molecular weight is 418 g/mol. The normalized spacial score (nSPS) is 10.8. The molecule has 3 rings (SSSR count). The van der Waals surface area contributed by atoms with Gasteiger partial charge in [0.05, 0.1) is 10.7 Å². The molecule has 146 valence electrons. The first kappa shape index (κ1) is 20.2. The van der Waals surface area contributed by atoms with Crippen molar-refractivity contribution in [1.29, 1.82) is 0 Å². The Kier molecular flexibility index (Phi) is 6.27. The van der Waals surface area contributed by atoms with E-state index in [1.165, 1.54) is 0 Å². The van der Waals surface area contributed by atoms with Gasteiger partial charge in [-0.3, -0.25) is 9.48 Å². The van der Waals surface area contributed by atoms with Crippen LogP contribution in [0.4, 0.5) is 0 Å². The molecule has 1 aromatic heterocycles. The van der Waals surface area contributed by atoms with Crippen LogP contribution in [0.3, 0.4) is 0 Å². The standard InChI is InChI=1S/C21H21Cl2N3O2/c1-13-17(14(2)26(3)25-13)11-24-21(27)16-7-4-6-15(10-16)12-28-19-9-5-8-18(22)20(19)23/h4-10H,11-12H2,1-3H3,(H,24,27). The minimum atomic E-state index is -0.148. The number of nitrogens with one attached hydrogen (secondary N) is 1. The first-order valence-electron chi connectivity index (χ1n) is 8.80. The Labute approximate surface area is 174 Å². The van der Waals surface area contributed by atoms with Crippen molar-refractivity contribution in [2.75, 3.05) is 0 Å². The van der Waals surface area contributed by atoms with Gasteiger partial charge in [0.15, 0.2) is 0 Å². The van der Waals surface area contributed by atoms with E-state index in [1.54, 1.807) is 30.3 Å². The second-order valence-corrected chi connectivity index (χ2v) is 7.28. The smallest absolute Gasteiger partial charge is 0.251 e. The van der Waals surface area contributed by atoms with Gasteiger partial charge in [-0.2, -0.15) is 5.10 Å². The van der Waals surface area contributed by atoms with Crippen molar-refractivity contribution < 1.29 is 9.53 Å². The van der Waals surface area contributed by atoms with Crippen LogP contribution >= 0.6 is 23.2 Å². The van der Waals surface area contributed by atoms with Crippen LogP contribution in [-0.2, 0) is 20.2 Å². The van der Waals surface area contributed by atoms with Crippen molar-refractivity contribution in [1.82, 2.24) is 15.1 Å². The number of ether oxygens (including phenoxy) is 1. The summed E-state index contributed by atoms with van der Waals surface area (Å²) < 4.78 is 7.56. The quantitative estimate of drug-likeness (QED) is 0.623. The molecule has 0 aliphatic heterocycles. The summed E-state index contributed by atoms with van der Waals surface area (Å²) >= 11 is 12.1. The lowest BCUT2D eigenvalue weighted by Gasteiger charge is -2.10. The summed E-state index contributed by atoms with van der Waals surface area (Å²) in [5.74, 6) is 0.358. The zero-order chi connectivity index (χ0) is 20.3. The van der Waals surface area contributed by atoms with Gasteiger partial charge in [0.25, 0.3) is 5.91 Å². The van der Waals surface area contributed by atoms with Crippen molar-refractivity contribution in [3.63, 3.8) is 0 Å². The molecule has 5 nitrogen and oxygen atoms in total. The van der Waals surface area contributed by atoms with E-state index in [1.807, 2.05) is 37.7 Å². The maximum Gasteiger partial charge on any atom is 0.251 e. The van der Waals surface area contributed by atoms with E-state index in [9.17, 15) is 4.79 Å². The molecular weight excluding hydrogens is 397 g/mol. The lowest BCUT2D eigenvalue weighted by atomic mass is 10.1. The van der Waals surface area contributed by atoms with Crippen LogP contribution < -0.4 is 10.1 Å². The van der Waals surface area contributed by atoms with E-state index in [0.29, 0.717) is 27.9 Å². The first-order chi connectivity index (χ1) is 13.4. The van der Waals surface area contributed by atoms with Gasteiger partial charge in [0.2, 0.25) is 0 Å². The van der Waals surface area contributed by atoms with Crippen molar-refractivity contribution in [3.05, 3.63) is 80.6 Å². The van der Waals surface area contributed by atoms with Crippen LogP contribution in [0.1, 0.15) is 32.9 Å². The second kappa shape index (κ2) is 8.67. The highest BCUT2D eigenvalue weighted by Crippen LogP contribution is 2.31. The molecule has 3 aromatic rings. The third-order valence-corrected chi connectivity index (χ3v) is 5.39. The van der Waals surface area contributed by atoms with Gasteiger partial charge in [-0.15, -0.1) is 0 Å². The number of carbonyl (C=O) groups is 1. The predicted molar refractivity (Wildman–Crippen MR) is 111 cm³/mol. The minimum Gasteiger partial charge on any atom is -0.487 e. The van der Waals surface area contributed by atoms with E-state index >= 15 is 0 Å². The van der Waals surface area contributed by atoms with Gasteiger partial charge in [0.1, 0.15) is 17.4 Å². The van der Waals surface area contributed by atoms with E-state index in [0.717, 1.165) is 22.5 Å². The molecule has 0 aliphatic rings. The minimum absolute atomic E-state index is 0.148. The molecule has 2 aromatic carbocycles. The molecule has 0 radical (unpaired) electrons. The Morgan fingerprint density at radius 3 is 2.64 bits per heavy atom. The zero-order valence-corrected chi connectivity index (χ0v) is 17.4. The Balaban J connectivity index is 1.65. The zero-order valence-electron chi connectivity index (χ0n) is 15.9. The molecule has 0 aliphatic carbocycles. The van der Waals surface area contributed by atoms with Crippen LogP contribution in [0.15, 0.2) is 42.5 Å². The summed E-state index contributed by atoms with van der Waals surface area (Å²) in [5.41, 5.74) is 4.42. The molecule has 0 saturated heterocycles. The van der Waals surface area contributed by atoms with E-state index in [-0.39, 0.29) is 12.5 Å². The maximum absolute atomic E-state index is 12.6. The Morgan fingerprint density at radius 1 is 1.18 bits per heavy atom. The number of carbonyl (C=O) groups excluding carboxylic acids is 1. The fourth-order valence-corrected chi connectivity index (χ4v) is 3.25. The first-order valence-corrected chi connectivity index (χ1v) is 9.55. The van der Waals surface area contributed by atoms with Gasteiger partial charge >= 0.3 is 0 Å². The highest BCUT2D eigenvalue weighted by atomic mass is 35.5. The van der Waals surface area contributed by atoms with E-state index in [4.69, 9.17) is 27.9 Å². The number of hydrogen-bond donors (Lipinski definition) is 1. The number of benzene rings is 2. The number of nitrogens with zero attached hydrogens (tertiary/aromatic N) is 2. The van der Waals surface area contributed by atoms with E-state index in [2.05, 4.69) is 10.4 Å². The molecule has 1 amide bonds. The van der Waals surface area contributed by atoms with Gasteiger partial charge in [-0.25, -0.2) is 0 Å². The molecule has 0 bridgehead atoms. The molecule has 7 heteroatoms. The maximum atomic E-state index is 12.6. The van der Waals surface area contributed by atoms with Crippen molar-refractivity contribution >= 4 is 29.1 Å². The molecule has 1 heterocycles. The van der Waals surface area contributed by atoms with Crippen LogP contribution in [-0.4, -0.2) is 15.7 Å². The Bertz CT molecular complexity index is 1010. The summed E-state index contributed by atoms with van der Waals surface area (Å²) in [6, 6.07) is 12.5.